The summed E-state index contributed by atoms with van der Waals surface area (Å²) in [6.07, 6.45) is 3.69. The zero-order valence-electron chi connectivity index (χ0n) is 12.9. The topological polar surface area (TPSA) is 101 Å². The van der Waals surface area contributed by atoms with Gasteiger partial charge >= 0.3 is 5.97 Å². The zero-order chi connectivity index (χ0) is 16.3. The van der Waals surface area contributed by atoms with Crippen LogP contribution in [0.15, 0.2) is 0 Å². The number of carbonyl (C=O) groups is 2. The summed E-state index contributed by atoms with van der Waals surface area (Å²) in [5.41, 5.74) is -0.945. The van der Waals surface area contributed by atoms with Crippen LogP contribution in [0.2, 0.25) is 0 Å². The highest BCUT2D eigenvalue weighted by Gasteiger charge is 2.40. The molecule has 1 rings (SSSR count). The molecule has 0 bridgehead atoms. The maximum Gasteiger partial charge on any atom is 0.311 e. The molecular weight excluding hydrogens is 294 g/mol. The highest BCUT2D eigenvalue weighted by molar-refractivity contribution is 7.93. The van der Waals surface area contributed by atoms with Crippen molar-refractivity contribution in [2.24, 2.45) is 5.41 Å². The molecule has 0 atom stereocenters. The summed E-state index contributed by atoms with van der Waals surface area (Å²) >= 11 is 0. The van der Waals surface area contributed by atoms with Gasteiger partial charge in [0.05, 0.1) is 10.2 Å². The lowest BCUT2D eigenvalue weighted by Crippen LogP contribution is -2.46. The van der Waals surface area contributed by atoms with E-state index in [0.717, 1.165) is 19.3 Å². The van der Waals surface area contributed by atoms with E-state index < -0.39 is 37.6 Å². The van der Waals surface area contributed by atoms with Gasteiger partial charge in [-0.15, -0.1) is 0 Å². The summed E-state index contributed by atoms with van der Waals surface area (Å²) in [7, 11) is -3.55. The molecular formula is C14H25NO5S. The number of hydrogen-bond acceptors (Lipinski definition) is 4. The quantitative estimate of drug-likeness (QED) is 0.796. The van der Waals surface area contributed by atoms with E-state index in [-0.39, 0.29) is 6.54 Å². The van der Waals surface area contributed by atoms with E-state index in [0.29, 0.717) is 12.8 Å². The number of rotatable bonds is 5. The summed E-state index contributed by atoms with van der Waals surface area (Å²) in [5.74, 6) is -2.15. The maximum absolute atomic E-state index is 12.0. The Kier molecular flexibility index (Phi) is 5.41. The molecule has 0 radical (unpaired) electrons. The predicted molar refractivity (Wildman–Crippen MR) is 79.7 cm³/mol. The van der Waals surface area contributed by atoms with Gasteiger partial charge in [0.15, 0.2) is 9.84 Å². The van der Waals surface area contributed by atoms with Gasteiger partial charge in [0.25, 0.3) is 0 Å². The fourth-order valence-electron chi connectivity index (χ4n) is 2.40. The molecule has 122 valence electrons. The first-order valence-electron chi connectivity index (χ1n) is 7.23. The van der Waals surface area contributed by atoms with Crippen LogP contribution >= 0.6 is 0 Å². The number of hydrogen-bond donors (Lipinski definition) is 2. The van der Waals surface area contributed by atoms with Gasteiger partial charge in [-0.2, -0.15) is 0 Å². The molecule has 1 saturated carbocycles. The van der Waals surface area contributed by atoms with E-state index in [9.17, 15) is 23.1 Å². The lowest BCUT2D eigenvalue weighted by Gasteiger charge is -2.33. The van der Waals surface area contributed by atoms with Crippen molar-refractivity contribution in [2.45, 2.75) is 57.6 Å². The van der Waals surface area contributed by atoms with Crippen LogP contribution in [0.25, 0.3) is 0 Å². The third-order valence-corrected chi connectivity index (χ3v) is 6.65. The van der Waals surface area contributed by atoms with Crippen molar-refractivity contribution in [3.63, 3.8) is 0 Å². The molecule has 7 heteroatoms. The van der Waals surface area contributed by atoms with E-state index in [4.69, 9.17) is 0 Å². The van der Waals surface area contributed by atoms with Crippen molar-refractivity contribution in [1.82, 2.24) is 5.32 Å². The average Bonchev–Trinajstić information content (AvgIpc) is 2.35. The second-order valence-corrected chi connectivity index (χ2v) is 9.54. The summed E-state index contributed by atoms with van der Waals surface area (Å²) in [6, 6.07) is 0. The molecule has 0 aromatic rings. The Morgan fingerprint density at radius 2 is 1.67 bits per heavy atom. The second-order valence-electron chi connectivity index (χ2n) is 6.79. The summed E-state index contributed by atoms with van der Waals surface area (Å²) in [5, 5.41) is 11.9. The summed E-state index contributed by atoms with van der Waals surface area (Å²) < 4.78 is 22.9. The molecule has 1 fully saturated rings. The molecule has 0 aliphatic heterocycles. The Hall–Kier alpha value is -1.11. The molecule has 21 heavy (non-hydrogen) atoms. The van der Waals surface area contributed by atoms with Gasteiger partial charge in [0, 0.05) is 6.54 Å². The molecule has 0 unspecified atom stereocenters. The molecule has 0 aromatic carbocycles. The van der Waals surface area contributed by atoms with Crippen LogP contribution in [0.4, 0.5) is 0 Å². The Bertz CT molecular complexity index is 498. The molecule has 0 saturated heterocycles. The third-order valence-electron chi connectivity index (χ3n) is 4.14. The number of nitrogens with one attached hydrogen (secondary N) is 1. The SMILES string of the molecule is CC(C)(C)S(=O)(=O)CC(=O)NCC1(C(=O)O)CCCCC1. The van der Waals surface area contributed by atoms with Crippen molar-refractivity contribution >= 4 is 21.7 Å². The Balaban J connectivity index is 2.65. The van der Waals surface area contributed by atoms with Gasteiger partial charge in [0.2, 0.25) is 5.91 Å². The minimum atomic E-state index is -3.55. The second kappa shape index (κ2) is 6.34. The molecule has 0 heterocycles. The van der Waals surface area contributed by atoms with E-state index in [1.165, 1.54) is 20.8 Å². The number of sulfone groups is 1. The molecule has 0 spiro atoms. The standard InChI is InChI=1S/C14H25NO5S/c1-13(2,3)21(19,20)9-11(16)15-10-14(12(17)18)7-5-4-6-8-14/h4-10H2,1-3H3,(H,15,16)(H,17,18). The van der Waals surface area contributed by atoms with Gasteiger partial charge < -0.3 is 10.4 Å². The summed E-state index contributed by atoms with van der Waals surface area (Å²) in [4.78, 5) is 23.3. The fourth-order valence-corrected chi connectivity index (χ4v) is 3.28. The molecule has 0 aromatic heterocycles. The van der Waals surface area contributed by atoms with Crippen LogP contribution in [0.3, 0.4) is 0 Å². The van der Waals surface area contributed by atoms with Crippen LogP contribution in [0.5, 0.6) is 0 Å². The fraction of sp³-hybridized carbons (Fsp3) is 0.857. The lowest BCUT2D eigenvalue weighted by molar-refractivity contribution is -0.151. The Morgan fingerprint density at radius 3 is 2.10 bits per heavy atom. The van der Waals surface area contributed by atoms with Crippen molar-refractivity contribution in [3.05, 3.63) is 0 Å². The van der Waals surface area contributed by atoms with Gasteiger partial charge in [-0.1, -0.05) is 19.3 Å². The smallest absolute Gasteiger partial charge is 0.311 e. The zero-order valence-corrected chi connectivity index (χ0v) is 13.8. The highest BCUT2D eigenvalue weighted by Crippen LogP contribution is 2.36. The van der Waals surface area contributed by atoms with Gasteiger partial charge in [0.1, 0.15) is 5.75 Å². The van der Waals surface area contributed by atoms with E-state index in [1.807, 2.05) is 0 Å². The summed E-state index contributed by atoms with van der Waals surface area (Å²) in [6.45, 7) is 4.61. The van der Waals surface area contributed by atoms with Crippen LogP contribution in [-0.4, -0.2) is 42.4 Å². The van der Waals surface area contributed by atoms with E-state index in [1.54, 1.807) is 0 Å². The Morgan fingerprint density at radius 1 is 1.14 bits per heavy atom. The van der Waals surface area contributed by atoms with Crippen molar-refractivity contribution in [1.29, 1.82) is 0 Å². The van der Waals surface area contributed by atoms with Crippen LogP contribution in [0, 0.1) is 5.41 Å². The largest absolute Gasteiger partial charge is 0.481 e. The molecule has 1 aliphatic carbocycles. The van der Waals surface area contributed by atoms with E-state index in [2.05, 4.69) is 5.32 Å². The number of aliphatic carboxylic acids is 1. The minimum absolute atomic E-state index is 0.000823. The van der Waals surface area contributed by atoms with Crippen molar-refractivity contribution in [2.75, 3.05) is 12.3 Å². The Labute approximate surface area is 126 Å². The first kappa shape index (κ1) is 17.9. The molecule has 1 amide bonds. The molecule has 2 N–H and O–H groups in total. The minimum Gasteiger partial charge on any atom is -0.481 e. The first-order chi connectivity index (χ1) is 9.50. The monoisotopic (exact) mass is 319 g/mol. The van der Waals surface area contributed by atoms with Crippen LogP contribution < -0.4 is 5.32 Å². The number of carbonyl (C=O) groups excluding carboxylic acids is 1. The molecule has 6 nitrogen and oxygen atoms in total. The van der Waals surface area contributed by atoms with Crippen molar-refractivity contribution in [3.8, 4) is 0 Å². The maximum atomic E-state index is 12.0. The van der Waals surface area contributed by atoms with Gasteiger partial charge in [-0.25, -0.2) is 8.42 Å². The van der Waals surface area contributed by atoms with Gasteiger partial charge in [-0.05, 0) is 33.6 Å². The number of carboxylic acids is 1. The predicted octanol–water partition coefficient (Wildman–Crippen LogP) is 1.35. The number of amides is 1. The lowest BCUT2D eigenvalue weighted by atomic mass is 9.74. The highest BCUT2D eigenvalue weighted by atomic mass is 32.2. The van der Waals surface area contributed by atoms with Crippen LogP contribution in [-0.2, 0) is 19.4 Å². The van der Waals surface area contributed by atoms with Crippen molar-refractivity contribution < 1.29 is 23.1 Å². The van der Waals surface area contributed by atoms with Gasteiger partial charge in [-0.3, -0.25) is 9.59 Å². The van der Waals surface area contributed by atoms with E-state index >= 15 is 0 Å². The normalized spacial score (nSPS) is 19.0. The van der Waals surface area contributed by atoms with Crippen LogP contribution in [0.1, 0.15) is 52.9 Å². The average molecular weight is 319 g/mol. The number of carboxylic acid groups (broad SMARTS) is 1. The molecule has 1 aliphatic rings. The first-order valence-corrected chi connectivity index (χ1v) is 8.88. The third kappa shape index (κ3) is 4.43.